The molecule has 1 aromatic rings. The van der Waals surface area contributed by atoms with Gasteiger partial charge >= 0.3 is 6.09 Å². The molecule has 104 valence electrons. The summed E-state index contributed by atoms with van der Waals surface area (Å²) in [7, 11) is 0. The van der Waals surface area contributed by atoms with Crippen molar-refractivity contribution in [2.24, 2.45) is 0 Å². The number of hydrogen-bond acceptors (Lipinski definition) is 5. The predicted octanol–water partition coefficient (Wildman–Crippen LogP) is 1.86. The van der Waals surface area contributed by atoms with Crippen LogP contribution in [-0.2, 0) is 4.74 Å². The SMILES string of the molecule is CC(C)(C)OC(=O)N1CC[C@@H](Oc2cnccn2)C1. The fourth-order valence-electron chi connectivity index (χ4n) is 1.83. The molecule has 19 heavy (non-hydrogen) atoms. The number of hydrogen-bond donors (Lipinski definition) is 0. The molecular weight excluding hydrogens is 246 g/mol. The maximum atomic E-state index is 11.9. The number of amides is 1. The summed E-state index contributed by atoms with van der Waals surface area (Å²) in [4.78, 5) is 21.5. The Morgan fingerprint density at radius 1 is 1.42 bits per heavy atom. The summed E-state index contributed by atoms with van der Waals surface area (Å²) in [6, 6.07) is 0. The van der Waals surface area contributed by atoms with Crippen LogP contribution in [-0.4, -0.2) is 45.8 Å². The van der Waals surface area contributed by atoms with Crippen molar-refractivity contribution in [3.63, 3.8) is 0 Å². The van der Waals surface area contributed by atoms with Gasteiger partial charge in [-0.25, -0.2) is 9.78 Å². The standard InChI is InChI=1S/C13H19N3O3/c1-13(2,3)19-12(17)16-7-4-10(9-16)18-11-8-14-5-6-15-11/h5-6,8,10H,4,7,9H2,1-3H3/t10-/m1/s1. The van der Waals surface area contributed by atoms with Crippen LogP contribution in [0.2, 0.25) is 0 Å². The lowest BCUT2D eigenvalue weighted by Crippen LogP contribution is -2.36. The van der Waals surface area contributed by atoms with Gasteiger partial charge in [-0.05, 0) is 20.8 Å². The lowest BCUT2D eigenvalue weighted by molar-refractivity contribution is 0.0275. The van der Waals surface area contributed by atoms with Crippen LogP contribution in [0.15, 0.2) is 18.6 Å². The summed E-state index contributed by atoms with van der Waals surface area (Å²) >= 11 is 0. The summed E-state index contributed by atoms with van der Waals surface area (Å²) < 4.78 is 11.0. The van der Waals surface area contributed by atoms with Crippen LogP contribution in [0.1, 0.15) is 27.2 Å². The Morgan fingerprint density at radius 3 is 2.84 bits per heavy atom. The van der Waals surface area contributed by atoms with Crippen LogP contribution in [0, 0.1) is 0 Å². The van der Waals surface area contributed by atoms with Gasteiger partial charge in [0.05, 0.1) is 12.7 Å². The van der Waals surface area contributed by atoms with Crippen molar-refractivity contribution in [2.45, 2.75) is 38.9 Å². The summed E-state index contributed by atoms with van der Waals surface area (Å²) in [6.45, 7) is 6.73. The molecule has 2 heterocycles. The molecule has 0 unspecified atom stereocenters. The van der Waals surface area contributed by atoms with Gasteiger partial charge in [-0.1, -0.05) is 0 Å². The maximum Gasteiger partial charge on any atom is 0.410 e. The summed E-state index contributed by atoms with van der Waals surface area (Å²) in [5.41, 5.74) is -0.471. The van der Waals surface area contributed by atoms with Gasteiger partial charge in [0.1, 0.15) is 11.7 Å². The molecule has 6 nitrogen and oxygen atoms in total. The van der Waals surface area contributed by atoms with Crippen LogP contribution >= 0.6 is 0 Å². The lowest BCUT2D eigenvalue weighted by atomic mass is 10.2. The topological polar surface area (TPSA) is 64.5 Å². The van der Waals surface area contributed by atoms with E-state index in [0.29, 0.717) is 19.0 Å². The van der Waals surface area contributed by atoms with Gasteiger partial charge in [0.2, 0.25) is 5.88 Å². The van der Waals surface area contributed by atoms with Gasteiger partial charge < -0.3 is 14.4 Å². The highest BCUT2D eigenvalue weighted by molar-refractivity contribution is 5.68. The lowest BCUT2D eigenvalue weighted by Gasteiger charge is -2.24. The van der Waals surface area contributed by atoms with Gasteiger partial charge in [0.15, 0.2) is 0 Å². The molecule has 1 atom stereocenters. The van der Waals surface area contributed by atoms with Crippen LogP contribution in [0.3, 0.4) is 0 Å². The molecule has 0 saturated carbocycles. The molecule has 1 aromatic heterocycles. The Labute approximate surface area is 112 Å². The van der Waals surface area contributed by atoms with E-state index in [1.54, 1.807) is 23.5 Å². The zero-order valence-electron chi connectivity index (χ0n) is 11.5. The van der Waals surface area contributed by atoms with Crippen LogP contribution in [0.4, 0.5) is 4.79 Å². The summed E-state index contributed by atoms with van der Waals surface area (Å²) in [6.07, 6.45) is 5.16. The molecule has 6 heteroatoms. The van der Waals surface area contributed by atoms with E-state index < -0.39 is 5.60 Å². The average Bonchev–Trinajstić information content (AvgIpc) is 2.77. The van der Waals surface area contributed by atoms with Crippen molar-refractivity contribution in [2.75, 3.05) is 13.1 Å². The number of carbonyl (C=O) groups excluding carboxylic acids is 1. The third kappa shape index (κ3) is 4.08. The molecule has 0 spiro atoms. The number of likely N-dealkylation sites (tertiary alicyclic amines) is 1. The van der Waals surface area contributed by atoms with E-state index in [2.05, 4.69) is 9.97 Å². The van der Waals surface area contributed by atoms with E-state index in [4.69, 9.17) is 9.47 Å². The highest BCUT2D eigenvalue weighted by Crippen LogP contribution is 2.18. The number of rotatable bonds is 2. The number of carbonyl (C=O) groups is 1. The first kappa shape index (κ1) is 13.6. The number of aromatic nitrogens is 2. The second kappa shape index (κ2) is 5.42. The fourth-order valence-corrected chi connectivity index (χ4v) is 1.83. The van der Waals surface area contributed by atoms with E-state index in [1.165, 1.54) is 0 Å². The predicted molar refractivity (Wildman–Crippen MR) is 68.9 cm³/mol. The first-order chi connectivity index (χ1) is 8.94. The zero-order chi connectivity index (χ0) is 13.9. The first-order valence-electron chi connectivity index (χ1n) is 6.34. The zero-order valence-corrected chi connectivity index (χ0v) is 11.5. The van der Waals surface area contributed by atoms with Gasteiger partial charge in [0.25, 0.3) is 0 Å². The second-order valence-electron chi connectivity index (χ2n) is 5.50. The largest absolute Gasteiger partial charge is 0.471 e. The van der Waals surface area contributed by atoms with Gasteiger partial charge in [0, 0.05) is 25.4 Å². The van der Waals surface area contributed by atoms with Crippen LogP contribution in [0.5, 0.6) is 5.88 Å². The minimum Gasteiger partial charge on any atom is -0.471 e. The number of nitrogens with zero attached hydrogens (tertiary/aromatic N) is 3. The molecular formula is C13H19N3O3. The van der Waals surface area contributed by atoms with Crippen molar-refractivity contribution in [3.8, 4) is 5.88 Å². The minimum atomic E-state index is -0.471. The van der Waals surface area contributed by atoms with E-state index in [9.17, 15) is 4.79 Å². The Morgan fingerprint density at radius 2 is 2.21 bits per heavy atom. The van der Waals surface area contributed by atoms with Crippen molar-refractivity contribution >= 4 is 6.09 Å². The molecule has 1 aliphatic rings. The molecule has 1 aliphatic heterocycles. The van der Waals surface area contributed by atoms with Gasteiger partial charge in [-0.2, -0.15) is 0 Å². The van der Waals surface area contributed by atoms with E-state index in [0.717, 1.165) is 6.42 Å². The summed E-state index contributed by atoms with van der Waals surface area (Å²) in [5, 5.41) is 0. The number of ether oxygens (including phenoxy) is 2. The molecule has 0 aliphatic carbocycles. The Hall–Kier alpha value is -1.85. The van der Waals surface area contributed by atoms with E-state index in [-0.39, 0.29) is 12.2 Å². The molecule has 1 saturated heterocycles. The molecule has 2 rings (SSSR count). The quantitative estimate of drug-likeness (QED) is 0.816. The maximum absolute atomic E-state index is 11.9. The van der Waals surface area contributed by atoms with Gasteiger partial charge in [-0.3, -0.25) is 4.98 Å². The van der Waals surface area contributed by atoms with Crippen molar-refractivity contribution in [1.82, 2.24) is 14.9 Å². The monoisotopic (exact) mass is 265 g/mol. The highest BCUT2D eigenvalue weighted by atomic mass is 16.6. The molecule has 1 amide bonds. The normalized spacial score (nSPS) is 19.3. The van der Waals surface area contributed by atoms with Crippen molar-refractivity contribution < 1.29 is 14.3 Å². The van der Waals surface area contributed by atoms with Crippen LogP contribution in [0.25, 0.3) is 0 Å². The first-order valence-corrected chi connectivity index (χ1v) is 6.34. The minimum absolute atomic E-state index is 0.0516. The smallest absolute Gasteiger partial charge is 0.410 e. The molecule has 0 radical (unpaired) electrons. The Bertz CT molecular complexity index is 431. The van der Waals surface area contributed by atoms with Crippen molar-refractivity contribution in [1.29, 1.82) is 0 Å². The fraction of sp³-hybridized carbons (Fsp3) is 0.615. The molecule has 0 aromatic carbocycles. The average molecular weight is 265 g/mol. The van der Waals surface area contributed by atoms with Crippen LogP contribution < -0.4 is 4.74 Å². The van der Waals surface area contributed by atoms with E-state index in [1.807, 2.05) is 20.8 Å². The second-order valence-corrected chi connectivity index (χ2v) is 5.50. The third-order valence-corrected chi connectivity index (χ3v) is 2.62. The molecule has 1 fully saturated rings. The molecule has 0 bridgehead atoms. The third-order valence-electron chi connectivity index (χ3n) is 2.62. The summed E-state index contributed by atoms with van der Waals surface area (Å²) in [5.74, 6) is 0.485. The van der Waals surface area contributed by atoms with Gasteiger partial charge in [-0.15, -0.1) is 0 Å². The van der Waals surface area contributed by atoms with E-state index >= 15 is 0 Å². The Balaban J connectivity index is 1.85. The highest BCUT2D eigenvalue weighted by Gasteiger charge is 2.30. The Kier molecular flexibility index (Phi) is 3.87. The molecule has 0 N–H and O–H groups in total. The van der Waals surface area contributed by atoms with Crippen molar-refractivity contribution in [3.05, 3.63) is 18.6 Å².